The van der Waals surface area contributed by atoms with Gasteiger partial charge in [-0.25, -0.2) is 0 Å². The third-order valence-electron chi connectivity index (χ3n) is 6.84. The largest absolute Gasteiger partial charge is 0.481 e. The van der Waals surface area contributed by atoms with Crippen molar-refractivity contribution in [2.45, 2.75) is 59.4 Å². The Balaban J connectivity index is 0.000000668. The van der Waals surface area contributed by atoms with Crippen molar-refractivity contribution in [2.24, 2.45) is 5.41 Å². The van der Waals surface area contributed by atoms with Crippen molar-refractivity contribution in [3.63, 3.8) is 0 Å². The number of amides is 1. The number of nitrogens with one attached hydrogen (secondary N) is 1. The van der Waals surface area contributed by atoms with Gasteiger partial charge in [0.05, 0.1) is 18.1 Å². The SMILES string of the molecule is CC(=O)O.Cc1cc(C)c2c(CC(=O)N3CC[C@@]4(C(=O)O)CCCN[C@@H]4C3)coc2c1C. The quantitative estimate of drug-likeness (QED) is 0.665. The van der Waals surface area contributed by atoms with Gasteiger partial charge in [0, 0.05) is 37.0 Å². The van der Waals surface area contributed by atoms with Gasteiger partial charge in [-0.1, -0.05) is 6.07 Å². The van der Waals surface area contributed by atoms with Crippen LogP contribution in [0.4, 0.5) is 0 Å². The molecule has 1 aromatic heterocycles. The van der Waals surface area contributed by atoms with E-state index in [9.17, 15) is 14.7 Å². The molecule has 2 aromatic rings. The number of aliphatic carboxylic acids is 2. The molecular weight excluding hydrogens is 412 g/mol. The lowest BCUT2D eigenvalue weighted by atomic mass is 9.69. The number of hydrogen-bond acceptors (Lipinski definition) is 5. The van der Waals surface area contributed by atoms with Gasteiger partial charge >= 0.3 is 5.97 Å². The number of fused-ring (bicyclic) bond motifs is 2. The third-order valence-corrected chi connectivity index (χ3v) is 6.84. The molecule has 1 aromatic carbocycles. The van der Waals surface area contributed by atoms with Crippen molar-refractivity contribution in [3.8, 4) is 0 Å². The lowest BCUT2D eigenvalue weighted by Crippen LogP contribution is -2.63. The number of furan rings is 1. The van der Waals surface area contributed by atoms with Gasteiger partial charge in [0.25, 0.3) is 5.97 Å². The first kappa shape index (κ1) is 23.8. The predicted molar refractivity (Wildman–Crippen MR) is 120 cm³/mol. The van der Waals surface area contributed by atoms with E-state index in [4.69, 9.17) is 14.3 Å². The molecule has 8 nitrogen and oxygen atoms in total. The average molecular weight is 445 g/mol. The Hall–Kier alpha value is -2.87. The minimum Gasteiger partial charge on any atom is -0.481 e. The van der Waals surface area contributed by atoms with Gasteiger partial charge in [0.15, 0.2) is 0 Å². The van der Waals surface area contributed by atoms with Crippen LogP contribution in [-0.2, 0) is 20.8 Å². The fourth-order valence-corrected chi connectivity index (χ4v) is 5.01. The number of hydrogen-bond donors (Lipinski definition) is 3. The second-order valence-electron chi connectivity index (χ2n) is 8.96. The summed E-state index contributed by atoms with van der Waals surface area (Å²) in [5.74, 6) is -1.54. The minimum absolute atomic E-state index is 0.0340. The van der Waals surface area contributed by atoms with Crippen LogP contribution in [0.3, 0.4) is 0 Å². The Morgan fingerprint density at radius 2 is 1.88 bits per heavy atom. The number of rotatable bonds is 3. The Morgan fingerprint density at radius 1 is 1.19 bits per heavy atom. The molecule has 2 aliphatic heterocycles. The highest BCUT2D eigenvalue weighted by Gasteiger charge is 2.50. The van der Waals surface area contributed by atoms with Gasteiger partial charge in [-0.3, -0.25) is 14.4 Å². The van der Waals surface area contributed by atoms with E-state index in [0.717, 1.165) is 47.5 Å². The average Bonchev–Trinajstić information content (AvgIpc) is 3.15. The van der Waals surface area contributed by atoms with E-state index in [0.29, 0.717) is 25.9 Å². The number of carbonyl (C=O) groups excluding carboxylic acids is 1. The van der Waals surface area contributed by atoms with Crippen molar-refractivity contribution < 1.29 is 29.0 Å². The second kappa shape index (κ2) is 9.32. The summed E-state index contributed by atoms with van der Waals surface area (Å²) in [4.78, 5) is 35.8. The van der Waals surface area contributed by atoms with E-state index < -0.39 is 17.4 Å². The summed E-state index contributed by atoms with van der Waals surface area (Å²) in [5, 5.41) is 21.6. The molecule has 174 valence electrons. The molecule has 3 N–H and O–H groups in total. The highest BCUT2D eigenvalue weighted by molar-refractivity contribution is 5.92. The van der Waals surface area contributed by atoms with Gasteiger partial charge < -0.3 is 24.8 Å². The van der Waals surface area contributed by atoms with Crippen molar-refractivity contribution in [3.05, 3.63) is 34.6 Å². The van der Waals surface area contributed by atoms with Crippen LogP contribution < -0.4 is 5.32 Å². The number of piperidine rings is 2. The molecule has 2 atom stereocenters. The molecule has 32 heavy (non-hydrogen) atoms. The maximum atomic E-state index is 13.0. The number of carboxylic acid groups (broad SMARTS) is 2. The molecule has 2 saturated heterocycles. The lowest BCUT2D eigenvalue weighted by molar-refractivity contribution is -0.159. The van der Waals surface area contributed by atoms with E-state index in [1.54, 1.807) is 6.26 Å². The van der Waals surface area contributed by atoms with Crippen LogP contribution in [-0.4, -0.2) is 58.6 Å². The topological polar surface area (TPSA) is 120 Å². The molecule has 0 bridgehead atoms. The smallest absolute Gasteiger partial charge is 0.311 e. The molecule has 4 rings (SSSR count). The fraction of sp³-hybridized carbons (Fsp3) is 0.542. The van der Waals surface area contributed by atoms with Gasteiger partial charge in [-0.2, -0.15) is 0 Å². The molecule has 0 spiro atoms. The van der Waals surface area contributed by atoms with Gasteiger partial charge in [0.2, 0.25) is 5.91 Å². The first-order valence-electron chi connectivity index (χ1n) is 11.0. The highest BCUT2D eigenvalue weighted by atomic mass is 16.4. The summed E-state index contributed by atoms with van der Waals surface area (Å²) in [5.41, 5.74) is 4.44. The molecule has 0 saturated carbocycles. The zero-order chi connectivity index (χ0) is 23.6. The van der Waals surface area contributed by atoms with Gasteiger partial charge in [-0.05, 0) is 63.3 Å². The molecule has 2 fully saturated rings. The van der Waals surface area contributed by atoms with Crippen molar-refractivity contribution in [1.29, 1.82) is 0 Å². The lowest BCUT2D eigenvalue weighted by Gasteiger charge is -2.48. The van der Waals surface area contributed by atoms with Crippen molar-refractivity contribution >= 4 is 28.8 Å². The predicted octanol–water partition coefficient (Wildman–Crippen LogP) is 3.05. The zero-order valence-electron chi connectivity index (χ0n) is 19.2. The van der Waals surface area contributed by atoms with Crippen LogP contribution in [0.1, 0.15) is 48.4 Å². The Bertz CT molecular complexity index is 1040. The number of aryl methyl sites for hydroxylation is 3. The van der Waals surface area contributed by atoms with Crippen molar-refractivity contribution in [1.82, 2.24) is 10.2 Å². The Kier molecular flexibility index (Phi) is 6.93. The van der Waals surface area contributed by atoms with Gasteiger partial charge in [-0.15, -0.1) is 0 Å². The van der Waals surface area contributed by atoms with E-state index in [1.165, 1.54) is 5.56 Å². The maximum Gasteiger partial charge on any atom is 0.311 e. The molecule has 3 heterocycles. The monoisotopic (exact) mass is 444 g/mol. The number of carbonyl (C=O) groups is 3. The van der Waals surface area contributed by atoms with Gasteiger partial charge in [0.1, 0.15) is 5.58 Å². The first-order chi connectivity index (χ1) is 15.1. The maximum absolute atomic E-state index is 13.0. The normalized spacial score (nSPS) is 22.6. The molecule has 8 heteroatoms. The highest BCUT2D eigenvalue weighted by Crippen LogP contribution is 2.39. The van der Waals surface area contributed by atoms with Crippen LogP contribution in [0.2, 0.25) is 0 Å². The fourth-order valence-electron chi connectivity index (χ4n) is 5.01. The summed E-state index contributed by atoms with van der Waals surface area (Å²) >= 11 is 0. The third kappa shape index (κ3) is 4.50. The number of benzene rings is 1. The summed E-state index contributed by atoms with van der Waals surface area (Å²) in [6.07, 6.45) is 4.05. The first-order valence-corrected chi connectivity index (χ1v) is 11.0. The van der Waals surface area contributed by atoms with E-state index >= 15 is 0 Å². The van der Waals surface area contributed by atoms with Crippen LogP contribution >= 0.6 is 0 Å². The zero-order valence-corrected chi connectivity index (χ0v) is 19.2. The van der Waals surface area contributed by atoms with E-state index in [-0.39, 0.29) is 18.4 Å². The summed E-state index contributed by atoms with van der Waals surface area (Å²) < 4.78 is 5.80. The summed E-state index contributed by atoms with van der Waals surface area (Å²) in [6.45, 7) is 9.00. The molecular formula is C24H32N2O6. The second-order valence-corrected chi connectivity index (χ2v) is 8.96. The summed E-state index contributed by atoms with van der Waals surface area (Å²) in [7, 11) is 0. The van der Waals surface area contributed by atoms with Crippen LogP contribution in [0.25, 0.3) is 11.0 Å². The van der Waals surface area contributed by atoms with E-state index in [2.05, 4.69) is 18.3 Å². The van der Waals surface area contributed by atoms with Crippen LogP contribution in [0, 0.1) is 26.2 Å². The molecule has 0 radical (unpaired) electrons. The molecule has 2 aliphatic rings. The molecule has 0 unspecified atom stereocenters. The number of nitrogens with zero attached hydrogens (tertiary/aromatic N) is 1. The van der Waals surface area contributed by atoms with Crippen LogP contribution in [0.15, 0.2) is 16.7 Å². The summed E-state index contributed by atoms with van der Waals surface area (Å²) in [6, 6.07) is 1.96. The standard InChI is InChI=1S/C22H28N2O4.C2H4O2/c1-13-9-14(2)19-16(12-28-20(19)15(13)3)10-18(25)24-8-6-22(21(26)27)5-4-7-23-17(22)11-24;1-2(3)4/h9,12,17,23H,4-8,10-11H2,1-3H3,(H,26,27);1H3,(H,3,4)/t17-,22+;/m1./s1. The molecule has 1 amide bonds. The Morgan fingerprint density at radius 3 is 2.53 bits per heavy atom. The Labute approximate surface area is 187 Å². The number of carboxylic acids is 2. The number of likely N-dealkylation sites (tertiary alicyclic amines) is 1. The molecule has 0 aliphatic carbocycles. The minimum atomic E-state index is -0.833. The van der Waals surface area contributed by atoms with Crippen molar-refractivity contribution in [2.75, 3.05) is 19.6 Å². The van der Waals surface area contributed by atoms with E-state index in [1.807, 2.05) is 18.7 Å². The van der Waals surface area contributed by atoms with Crippen LogP contribution in [0.5, 0.6) is 0 Å².